The fraction of sp³-hybridized carbons (Fsp3) is 0.381. The highest BCUT2D eigenvalue weighted by Gasteiger charge is 2.42. The van der Waals surface area contributed by atoms with E-state index in [-0.39, 0.29) is 17.7 Å². The number of rotatable bonds is 1. The smallest absolute Gasteiger partial charge is 0.337 e. The van der Waals surface area contributed by atoms with E-state index in [1.54, 1.807) is 0 Å². The van der Waals surface area contributed by atoms with Crippen molar-refractivity contribution in [3.05, 3.63) is 58.5 Å². The highest BCUT2D eigenvalue weighted by molar-refractivity contribution is 5.91. The minimum atomic E-state index is -0.403. The Bertz CT molecular complexity index is 969. The summed E-state index contributed by atoms with van der Waals surface area (Å²) in [6.07, 6.45) is 4.34. The number of aromatic nitrogens is 1. The number of esters is 1. The Morgan fingerprint density at radius 1 is 1.35 bits per heavy atom. The predicted molar refractivity (Wildman–Crippen MR) is 98.8 cm³/mol. The molecule has 0 bridgehead atoms. The normalized spacial score (nSPS) is 25.3. The monoisotopic (exact) mass is 350 g/mol. The summed E-state index contributed by atoms with van der Waals surface area (Å²) in [5.74, 6) is -0.305. The van der Waals surface area contributed by atoms with Gasteiger partial charge in [0.1, 0.15) is 5.76 Å². The molecule has 134 valence electrons. The van der Waals surface area contributed by atoms with Crippen molar-refractivity contribution in [2.24, 2.45) is 5.92 Å². The van der Waals surface area contributed by atoms with Crippen molar-refractivity contribution in [2.45, 2.75) is 25.3 Å². The first kappa shape index (κ1) is 15.7. The summed E-state index contributed by atoms with van der Waals surface area (Å²) in [6.45, 7) is 1.87. The number of benzene rings is 1. The molecular weight excluding hydrogens is 328 g/mol. The largest absolute Gasteiger partial charge is 0.511 e. The maximum atomic E-state index is 12.3. The lowest BCUT2D eigenvalue weighted by Crippen LogP contribution is -2.44. The number of nitrogens with one attached hydrogen (secondary N) is 1. The third-order valence-electron chi connectivity index (χ3n) is 6.18. The Morgan fingerprint density at radius 2 is 2.19 bits per heavy atom. The van der Waals surface area contributed by atoms with Gasteiger partial charge < -0.3 is 14.8 Å². The van der Waals surface area contributed by atoms with Gasteiger partial charge in [-0.1, -0.05) is 29.8 Å². The summed E-state index contributed by atoms with van der Waals surface area (Å²) in [4.78, 5) is 18.4. The Kier molecular flexibility index (Phi) is 3.47. The number of fused-ring (bicyclic) bond motifs is 6. The highest BCUT2D eigenvalue weighted by atomic mass is 16.5. The molecule has 1 aliphatic carbocycles. The van der Waals surface area contributed by atoms with E-state index in [1.807, 2.05) is 0 Å². The van der Waals surface area contributed by atoms with Crippen LogP contribution in [0.5, 0.6) is 0 Å². The third kappa shape index (κ3) is 2.16. The second kappa shape index (κ2) is 5.74. The molecule has 1 aromatic carbocycles. The third-order valence-corrected chi connectivity index (χ3v) is 6.18. The van der Waals surface area contributed by atoms with Crippen molar-refractivity contribution in [1.29, 1.82) is 0 Å². The van der Waals surface area contributed by atoms with E-state index < -0.39 is 5.97 Å². The number of carbonyl (C=O) groups excluding carboxylic acids is 1. The Balaban J connectivity index is 1.57. The lowest BCUT2D eigenvalue weighted by atomic mass is 9.75. The van der Waals surface area contributed by atoms with Crippen molar-refractivity contribution in [3.63, 3.8) is 0 Å². The van der Waals surface area contributed by atoms with Crippen molar-refractivity contribution in [2.75, 3.05) is 20.2 Å². The maximum Gasteiger partial charge on any atom is 0.337 e. The Labute approximate surface area is 151 Å². The Hall–Kier alpha value is -2.53. The fourth-order valence-electron chi connectivity index (χ4n) is 4.96. The number of methoxy groups -OCH3 is 1. The number of aliphatic hydroxyl groups excluding tert-OH is 1. The van der Waals surface area contributed by atoms with Crippen LogP contribution >= 0.6 is 0 Å². The minimum absolute atomic E-state index is 0.0604. The predicted octanol–water partition coefficient (Wildman–Crippen LogP) is 3.40. The van der Waals surface area contributed by atoms with Crippen molar-refractivity contribution in [3.8, 4) is 0 Å². The molecule has 3 heterocycles. The molecule has 0 amide bonds. The molecule has 2 N–H and O–H groups in total. The molecule has 1 aromatic heterocycles. The van der Waals surface area contributed by atoms with Crippen LogP contribution < -0.4 is 0 Å². The molecule has 1 fully saturated rings. The first-order chi connectivity index (χ1) is 12.7. The van der Waals surface area contributed by atoms with E-state index in [0.29, 0.717) is 12.0 Å². The van der Waals surface area contributed by atoms with E-state index in [9.17, 15) is 9.90 Å². The number of aliphatic hydroxyl groups is 1. The van der Waals surface area contributed by atoms with Gasteiger partial charge in [0.15, 0.2) is 0 Å². The minimum Gasteiger partial charge on any atom is -0.511 e. The van der Waals surface area contributed by atoms with Gasteiger partial charge in [-0.05, 0) is 24.5 Å². The molecule has 1 saturated heterocycles. The number of para-hydroxylation sites is 1. The molecule has 2 aliphatic heterocycles. The summed E-state index contributed by atoms with van der Waals surface area (Å²) in [6, 6.07) is 8.68. The van der Waals surface area contributed by atoms with Crippen LogP contribution in [0.25, 0.3) is 10.9 Å². The molecule has 2 atom stereocenters. The van der Waals surface area contributed by atoms with Gasteiger partial charge in [0.05, 0.1) is 18.7 Å². The quantitative estimate of drug-likeness (QED) is 0.611. The number of H-pyrrole nitrogens is 1. The van der Waals surface area contributed by atoms with Gasteiger partial charge in [-0.3, -0.25) is 4.90 Å². The Morgan fingerprint density at radius 3 is 3.04 bits per heavy atom. The highest BCUT2D eigenvalue weighted by Crippen LogP contribution is 2.46. The first-order valence-electron chi connectivity index (χ1n) is 9.20. The van der Waals surface area contributed by atoms with Crippen molar-refractivity contribution in [1.82, 2.24) is 9.88 Å². The zero-order valence-electron chi connectivity index (χ0n) is 14.8. The van der Waals surface area contributed by atoms with Crippen LogP contribution in [0.1, 0.15) is 30.1 Å². The second-order valence-electron chi connectivity index (χ2n) is 7.42. The SMILES string of the molecule is COC(=O)C1=C(O)CC=C2CN3CCc4c([nH]c5ccccc45)[C@H]3C[C@@H]21. The van der Waals surface area contributed by atoms with E-state index in [2.05, 4.69) is 40.2 Å². The lowest BCUT2D eigenvalue weighted by molar-refractivity contribution is -0.137. The molecule has 0 radical (unpaired) electrons. The molecular formula is C21H22N2O3. The number of ether oxygens (including phenoxy) is 1. The summed E-state index contributed by atoms with van der Waals surface area (Å²) in [5.41, 5.74) is 5.53. The van der Waals surface area contributed by atoms with Gasteiger partial charge in [0.25, 0.3) is 0 Å². The zero-order chi connectivity index (χ0) is 17.8. The van der Waals surface area contributed by atoms with Gasteiger partial charge >= 0.3 is 5.97 Å². The summed E-state index contributed by atoms with van der Waals surface area (Å²) in [7, 11) is 1.38. The molecule has 0 unspecified atom stereocenters. The fourth-order valence-corrected chi connectivity index (χ4v) is 4.96. The van der Waals surface area contributed by atoms with E-state index in [4.69, 9.17) is 4.74 Å². The number of hydrogen-bond donors (Lipinski definition) is 2. The number of carbonyl (C=O) groups is 1. The number of nitrogens with zero attached hydrogens (tertiary/aromatic N) is 1. The summed E-state index contributed by atoms with van der Waals surface area (Å²) < 4.78 is 4.96. The number of piperidine rings is 1. The molecule has 26 heavy (non-hydrogen) atoms. The molecule has 5 nitrogen and oxygen atoms in total. The van der Waals surface area contributed by atoms with E-state index in [0.717, 1.165) is 25.9 Å². The molecule has 2 aromatic rings. The van der Waals surface area contributed by atoms with Gasteiger partial charge in [-0.2, -0.15) is 0 Å². The van der Waals surface area contributed by atoms with E-state index in [1.165, 1.54) is 34.8 Å². The molecule has 0 spiro atoms. The van der Waals surface area contributed by atoms with Crippen LogP contribution in [0.3, 0.4) is 0 Å². The van der Waals surface area contributed by atoms with Crippen LogP contribution in [-0.4, -0.2) is 41.2 Å². The van der Waals surface area contributed by atoms with Crippen LogP contribution in [0.2, 0.25) is 0 Å². The van der Waals surface area contributed by atoms with E-state index >= 15 is 0 Å². The standard InChI is InChI=1S/C21H22N2O3/c1-26-21(25)19-15-10-17-20-14(13-4-2-3-5-16(13)22-20)8-9-23(17)11-12(15)6-7-18(19)24/h2-6,15,17,22,24H,7-11H2,1H3/t15-,17+/m0/s1. The summed E-state index contributed by atoms with van der Waals surface area (Å²) in [5, 5.41) is 11.6. The zero-order valence-corrected chi connectivity index (χ0v) is 14.8. The van der Waals surface area contributed by atoms with Crippen LogP contribution in [-0.2, 0) is 16.0 Å². The van der Waals surface area contributed by atoms with Crippen molar-refractivity contribution < 1.29 is 14.6 Å². The molecule has 5 rings (SSSR count). The average molecular weight is 350 g/mol. The lowest BCUT2D eigenvalue weighted by Gasteiger charge is -2.45. The van der Waals surface area contributed by atoms with Crippen LogP contribution in [0.15, 0.2) is 47.2 Å². The molecule has 5 heteroatoms. The van der Waals surface area contributed by atoms with Crippen LogP contribution in [0, 0.1) is 5.92 Å². The van der Waals surface area contributed by atoms with Gasteiger partial charge in [-0.25, -0.2) is 4.79 Å². The second-order valence-corrected chi connectivity index (χ2v) is 7.42. The topological polar surface area (TPSA) is 65.6 Å². The number of allylic oxidation sites excluding steroid dienone is 1. The average Bonchev–Trinajstić information content (AvgIpc) is 3.05. The van der Waals surface area contributed by atoms with Crippen LogP contribution in [0.4, 0.5) is 0 Å². The van der Waals surface area contributed by atoms with Crippen molar-refractivity contribution >= 4 is 16.9 Å². The number of aromatic amines is 1. The first-order valence-corrected chi connectivity index (χ1v) is 9.20. The van der Waals surface area contributed by atoms with Gasteiger partial charge in [-0.15, -0.1) is 0 Å². The van der Waals surface area contributed by atoms with Gasteiger partial charge in [0, 0.05) is 42.0 Å². The maximum absolute atomic E-state index is 12.3. The molecule has 0 saturated carbocycles. The molecule has 3 aliphatic rings. The van der Waals surface area contributed by atoms with Gasteiger partial charge in [0.2, 0.25) is 0 Å². The summed E-state index contributed by atoms with van der Waals surface area (Å²) >= 11 is 0. The number of hydrogen-bond acceptors (Lipinski definition) is 4.